The lowest BCUT2D eigenvalue weighted by Gasteiger charge is -2.33. The van der Waals surface area contributed by atoms with Crippen molar-refractivity contribution in [1.29, 1.82) is 0 Å². The minimum atomic E-state index is -3.72. The number of sulfonamides is 1. The molecule has 1 amide bonds. The average Bonchev–Trinajstić information content (AvgIpc) is 2.91. The molecule has 9 nitrogen and oxygen atoms in total. The van der Waals surface area contributed by atoms with Gasteiger partial charge in [0.1, 0.15) is 0 Å². The van der Waals surface area contributed by atoms with Crippen molar-refractivity contribution in [3.8, 4) is 0 Å². The average molecular weight is 603 g/mol. The van der Waals surface area contributed by atoms with Crippen LogP contribution in [0, 0.1) is 0 Å². The molecule has 1 aliphatic rings. The second kappa shape index (κ2) is 15.9. The molecule has 3 rings (SSSR count). The van der Waals surface area contributed by atoms with Gasteiger partial charge in [0, 0.05) is 48.6 Å². The third kappa shape index (κ3) is 9.98. The Balaban J connectivity index is 1.40. The van der Waals surface area contributed by atoms with E-state index in [9.17, 15) is 13.2 Å². The Morgan fingerprint density at radius 1 is 1.00 bits per heavy atom. The molecular weight excluding hydrogens is 565 g/mol. The van der Waals surface area contributed by atoms with E-state index < -0.39 is 10.0 Å². The third-order valence-electron chi connectivity index (χ3n) is 6.24. The molecule has 0 fully saturated rings. The molecule has 2 aromatic carbocycles. The van der Waals surface area contributed by atoms with Gasteiger partial charge in [0.15, 0.2) is 0 Å². The molecule has 2 N–H and O–H groups in total. The molecule has 216 valence electrons. The maximum absolute atomic E-state index is 12.9. The van der Waals surface area contributed by atoms with Crippen LogP contribution in [0.2, 0.25) is 10.0 Å². The number of hydrogen-bond donors (Lipinski definition) is 2. The van der Waals surface area contributed by atoms with Crippen LogP contribution in [0.3, 0.4) is 0 Å². The fraction of sp³-hybridized carbons (Fsp3) is 0.519. The number of nitrogens with one attached hydrogen (secondary N) is 2. The molecular formula is C27H37Cl2N3O6S. The van der Waals surface area contributed by atoms with Gasteiger partial charge in [-0.15, -0.1) is 0 Å². The third-order valence-corrected chi connectivity index (χ3v) is 8.25. The fourth-order valence-electron chi connectivity index (χ4n) is 4.29. The van der Waals surface area contributed by atoms with Gasteiger partial charge in [-0.3, -0.25) is 4.79 Å². The van der Waals surface area contributed by atoms with Crippen LogP contribution in [0.25, 0.3) is 0 Å². The monoisotopic (exact) mass is 601 g/mol. The highest BCUT2D eigenvalue weighted by atomic mass is 35.5. The van der Waals surface area contributed by atoms with Gasteiger partial charge in [-0.25, -0.2) is 13.1 Å². The Morgan fingerprint density at radius 3 is 2.36 bits per heavy atom. The van der Waals surface area contributed by atoms with Crippen LogP contribution < -0.4 is 10.0 Å². The summed E-state index contributed by atoms with van der Waals surface area (Å²) in [7, 11) is -1.70. The molecule has 0 bridgehead atoms. The number of likely N-dealkylation sites (N-methyl/N-ethyl adjacent to an activating group) is 1. The van der Waals surface area contributed by atoms with Crippen LogP contribution in [0.4, 0.5) is 0 Å². The molecule has 1 unspecified atom stereocenters. The normalized spacial score (nSPS) is 15.7. The minimum absolute atomic E-state index is 0.00190. The molecule has 1 aliphatic heterocycles. The summed E-state index contributed by atoms with van der Waals surface area (Å²) in [6.45, 7) is 6.03. The second-order valence-electron chi connectivity index (χ2n) is 9.22. The number of amides is 1. The van der Waals surface area contributed by atoms with Crippen LogP contribution in [0.5, 0.6) is 0 Å². The van der Waals surface area contributed by atoms with Crippen molar-refractivity contribution >= 4 is 39.1 Å². The van der Waals surface area contributed by atoms with Gasteiger partial charge < -0.3 is 24.4 Å². The Kier molecular flexibility index (Phi) is 12.9. The molecule has 0 aromatic heterocycles. The number of nitrogens with zero attached hydrogens (tertiary/aromatic N) is 1. The quantitative estimate of drug-likeness (QED) is 0.284. The first-order valence-corrected chi connectivity index (χ1v) is 15.2. The first-order chi connectivity index (χ1) is 18.7. The highest BCUT2D eigenvalue weighted by Gasteiger charge is 2.28. The van der Waals surface area contributed by atoms with E-state index >= 15 is 0 Å². The van der Waals surface area contributed by atoms with Crippen LogP contribution in [-0.4, -0.2) is 85.5 Å². The van der Waals surface area contributed by atoms with E-state index in [0.717, 1.165) is 23.2 Å². The zero-order chi connectivity index (χ0) is 28.3. The highest BCUT2D eigenvalue weighted by molar-refractivity contribution is 7.89. The summed E-state index contributed by atoms with van der Waals surface area (Å²) in [5.74, 6) is -0.0568. The fourth-order valence-corrected chi connectivity index (χ4v) is 5.93. The number of benzene rings is 2. The molecule has 0 aliphatic carbocycles. The van der Waals surface area contributed by atoms with E-state index in [1.165, 1.54) is 0 Å². The largest absolute Gasteiger partial charge is 0.378 e. The molecule has 2 aromatic rings. The molecule has 0 saturated heterocycles. The number of hydrogen-bond acceptors (Lipinski definition) is 7. The lowest BCUT2D eigenvalue weighted by molar-refractivity contribution is -0.121. The van der Waals surface area contributed by atoms with Gasteiger partial charge in [0.25, 0.3) is 0 Å². The summed E-state index contributed by atoms with van der Waals surface area (Å²) in [4.78, 5) is 13.5. The Bertz CT molecular complexity index is 1200. The molecule has 39 heavy (non-hydrogen) atoms. The zero-order valence-corrected chi connectivity index (χ0v) is 24.7. The number of rotatable bonds is 16. The Hall–Kier alpha value is -1.76. The number of halogens is 2. The Morgan fingerprint density at radius 2 is 1.67 bits per heavy atom. The molecule has 12 heteroatoms. The summed E-state index contributed by atoms with van der Waals surface area (Å²) < 4.78 is 44.7. The van der Waals surface area contributed by atoms with Gasteiger partial charge in [-0.1, -0.05) is 42.3 Å². The second-order valence-corrected chi connectivity index (χ2v) is 11.8. The lowest BCUT2D eigenvalue weighted by atomic mass is 9.85. The maximum atomic E-state index is 12.9. The van der Waals surface area contributed by atoms with Crippen molar-refractivity contribution in [2.75, 3.05) is 66.3 Å². The number of fused-ring (bicyclic) bond motifs is 1. The zero-order valence-electron chi connectivity index (χ0n) is 22.4. The highest BCUT2D eigenvalue weighted by Crippen LogP contribution is 2.38. The van der Waals surface area contributed by atoms with Crippen LogP contribution in [-0.2, 0) is 35.6 Å². The van der Waals surface area contributed by atoms with E-state index in [-0.39, 0.29) is 29.9 Å². The minimum Gasteiger partial charge on any atom is -0.378 e. The SMILES string of the molecule is CCC(=O)NCCOCCOCCOCCNS(=O)(=O)c1cccc(C2CN(C)Cc3c(Cl)cc(Cl)cc32)c1. The number of ether oxygens (including phenoxy) is 3. The maximum Gasteiger partial charge on any atom is 0.240 e. The summed E-state index contributed by atoms with van der Waals surface area (Å²) in [6.07, 6.45) is 0.456. The van der Waals surface area contributed by atoms with Crippen LogP contribution >= 0.6 is 23.2 Å². The van der Waals surface area contributed by atoms with Crippen molar-refractivity contribution in [1.82, 2.24) is 14.9 Å². The predicted molar refractivity (Wildman–Crippen MR) is 152 cm³/mol. The van der Waals surface area contributed by atoms with Crippen molar-refractivity contribution in [2.24, 2.45) is 0 Å². The molecule has 0 spiro atoms. The number of carbonyl (C=O) groups is 1. The van der Waals surface area contributed by atoms with Crippen molar-refractivity contribution in [3.05, 3.63) is 63.1 Å². The smallest absolute Gasteiger partial charge is 0.240 e. The lowest BCUT2D eigenvalue weighted by Crippen LogP contribution is -2.31. The summed E-state index contributed by atoms with van der Waals surface area (Å²) >= 11 is 12.8. The van der Waals surface area contributed by atoms with Crippen LogP contribution in [0.1, 0.15) is 36.0 Å². The van der Waals surface area contributed by atoms with Gasteiger partial charge in [0.2, 0.25) is 15.9 Å². The van der Waals surface area contributed by atoms with E-state index in [1.54, 1.807) is 31.2 Å². The summed E-state index contributed by atoms with van der Waals surface area (Å²) in [6, 6.07) is 10.6. The molecule has 1 heterocycles. The number of carbonyl (C=O) groups excluding carboxylic acids is 1. The van der Waals surface area contributed by atoms with Gasteiger partial charge in [-0.05, 0) is 48.0 Å². The van der Waals surface area contributed by atoms with Crippen molar-refractivity contribution < 1.29 is 27.4 Å². The van der Waals surface area contributed by atoms with Gasteiger partial charge >= 0.3 is 0 Å². The molecule has 0 radical (unpaired) electrons. The van der Waals surface area contributed by atoms with E-state index in [0.29, 0.717) is 62.6 Å². The van der Waals surface area contributed by atoms with Crippen molar-refractivity contribution in [3.63, 3.8) is 0 Å². The van der Waals surface area contributed by atoms with E-state index in [1.807, 2.05) is 19.2 Å². The topological polar surface area (TPSA) is 106 Å². The summed E-state index contributed by atoms with van der Waals surface area (Å²) in [5, 5.41) is 3.91. The van der Waals surface area contributed by atoms with Crippen LogP contribution in [0.15, 0.2) is 41.3 Å². The molecule has 1 atom stereocenters. The predicted octanol–water partition coefficient (Wildman–Crippen LogP) is 3.43. The first-order valence-electron chi connectivity index (χ1n) is 13.0. The van der Waals surface area contributed by atoms with Gasteiger partial charge in [-0.2, -0.15) is 0 Å². The van der Waals surface area contributed by atoms with E-state index in [2.05, 4.69) is 14.9 Å². The standard InChI is InChI=1S/C27H37Cl2N3O6S/c1-3-27(33)30-7-9-36-11-13-38-14-12-37-10-8-31-39(34,35)22-6-4-5-20(15-22)24-18-32(2)19-25-23(24)16-21(28)17-26(25)29/h4-6,15-17,24,31H,3,7-14,18-19H2,1-2H3,(H,30,33). The first kappa shape index (κ1) is 31.8. The summed E-state index contributed by atoms with van der Waals surface area (Å²) in [5.41, 5.74) is 2.92. The van der Waals surface area contributed by atoms with Crippen molar-refractivity contribution in [2.45, 2.75) is 30.7 Å². The molecule has 0 saturated carbocycles. The Labute approximate surface area is 241 Å². The van der Waals surface area contributed by atoms with E-state index in [4.69, 9.17) is 37.4 Å². The van der Waals surface area contributed by atoms with Gasteiger partial charge in [0.05, 0.1) is 44.5 Å².